The molecule has 0 bridgehead atoms. The summed E-state index contributed by atoms with van der Waals surface area (Å²) in [7, 11) is 1.69. The highest BCUT2D eigenvalue weighted by atomic mass is 16.5. The summed E-state index contributed by atoms with van der Waals surface area (Å²) in [4.78, 5) is 12.4. The van der Waals surface area contributed by atoms with Gasteiger partial charge in [0.2, 0.25) is 0 Å². The second-order valence-electron chi connectivity index (χ2n) is 3.78. The van der Waals surface area contributed by atoms with E-state index < -0.39 is 5.97 Å². The monoisotopic (exact) mass is 187 g/mol. The third-order valence-electron chi connectivity index (χ3n) is 2.58. The Morgan fingerprint density at radius 2 is 2.31 bits per heavy atom. The van der Waals surface area contributed by atoms with Crippen molar-refractivity contribution in [2.24, 2.45) is 11.8 Å². The van der Waals surface area contributed by atoms with Crippen molar-refractivity contribution in [2.45, 2.75) is 6.92 Å². The Morgan fingerprint density at radius 3 is 2.85 bits per heavy atom. The van der Waals surface area contributed by atoms with Crippen molar-refractivity contribution in [1.29, 1.82) is 0 Å². The third kappa shape index (κ3) is 2.97. The number of aliphatic carboxylic acids is 1. The fourth-order valence-electron chi connectivity index (χ4n) is 1.89. The molecular formula is C9H17NO3. The van der Waals surface area contributed by atoms with Gasteiger partial charge in [-0.05, 0) is 11.8 Å². The minimum atomic E-state index is -0.745. The number of carboxylic acid groups (broad SMARTS) is 1. The van der Waals surface area contributed by atoms with E-state index in [4.69, 9.17) is 9.84 Å². The highest BCUT2D eigenvalue weighted by Crippen LogP contribution is 2.22. The van der Waals surface area contributed by atoms with Crippen molar-refractivity contribution in [3.05, 3.63) is 0 Å². The maximum absolute atomic E-state index is 10.5. The first-order valence-electron chi connectivity index (χ1n) is 4.56. The van der Waals surface area contributed by atoms with Crippen molar-refractivity contribution < 1.29 is 14.6 Å². The Kier molecular flexibility index (Phi) is 3.69. The van der Waals surface area contributed by atoms with Crippen molar-refractivity contribution >= 4 is 5.97 Å². The van der Waals surface area contributed by atoms with E-state index >= 15 is 0 Å². The van der Waals surface area contributed by atoms with E-state index in [0.29, 0.717) is 11.8 Å². The largest absolute Gasteiger partial charge is 0.480 e. The van der Waals surface area contributed by atoms with E-state index in [1.54, 1.807) is 7.11 Å². The number of ether oxygens (including phenoxy) is 1. The summed E-state index contributed by atoms with van der Waals surface area (Å²) in [6.45, 7) is 4.76. The van der Waals surface area contributed by atoms with Crippen molar-refractivity contribution in [1.82, 2.24) is 4.90 Å². The van der Waals surface area contributed by atoms with Crippen LogP contribution in [0.5, 0.6) is 0 Å². The Balaban J connectivity index is 2.35. The molecule has 0 aromatic heterocycles. The van der Waals surface area contributed by atoms with Gasteiger partial charge in [0, 0.05) is 20.2 Å². The fraction of sp³-hybridized carbons (Fsp3) is 0.889. The summed E-state index contributed by atoms with van der Waals surface area (Å²) in [6.07, 6.45) is 0. The van der Waals surface area contributed by atoms with Gasteiger partial charge in [-0.15, -0.1) is 0 Å². The van der Waals surface area contributed by atoms with Gasteiger partial charge >= 0.3 is 5.97 Å². The molecule has 1 aliphatic rings. The lowest BCUT2D eigenvalue weighted by atomic mass is 10.00. The summed E-state index contributed by atoms with van der Waals surface area (Å²) in [6, 6.07) is 0. The van der Waals surface area contributed by atoms with E-state index in [1.165, 1.54) is 0 Å². The van der Waals surface area contributed by atoms with Gasteiger partial charge in [0.25, 0.3) is 0 Å². The molecule has 0 aromatic rings. The van der Waals surface area contributed by atoms with Crippen LogP contribution in [0.3, 0.4) is 0 Å². The number of hydrogen-bond donors (Lipinski definition) is 1. The van der Waals surface area contributed by atoms with Gasteiger partial charge in [0.05, 0.1) is 13.2 Å². The first-order chi connectivity index (χ1) is 6.13. The quantitative estimate of drug-likeness (QED) is 0.687. The molecule has 76 valence electrons. The average Bonchev–Trinajstić information content (AvgIpc) is 2.31. The molecule has 0 saturated carbocycles. The third-order valence-corrected chi connectivity index (χ3v) is 2.58. The number of nitrogens with zero attached hydrogens (tertiary/aromatic N) is 1. The van der Waals surface area contributed by atoms with Crippen LogP contribution in [-0.4, -0.2) is 49.3 Å². The van der Waals surface area contributed by atoms with E-state index in [1.807, 2.05) is 4.90 Å². The van der Waals surface area contributed by atoms with Crippen molar-refractivity contribution in [3.8, 4) is 0 Å². The molecule has 2 atom stereocenters. The number of methoxy groups -OCH3 is 1. The average molecular weight is 187 g/mol. The molecule has 1 rings (SSSR count). The van der Waals surface area contributed by atoms with E-state index in [-0.39, 0.29) is 6.54 Å². The molecule has 1 saturated heterocycles. The van der Waals surface area contributed by atoms with Crippen LogP contribution in [0.15, 0.2) is 0 Å². The Hall–Kier alpha value is -0.610. The second kappa shape index (κ2) is 4.58. The normalized spacial score (nSPS) is 29.4. The Bertz CT molecular complexity index is 184. The van der Waals surface area contributed by atoms with Crippen LogP contribution in [0.2, 0.25) is 0 Å². The molecule has 4 heteroatoms. The number of carboxylic acids is 1. The highest BCUT2D eigenvalue weighted by molar-refractivity contribution is 5.69. The van der Waals surface area contributed by atoms with Gasteiger partial charge in [0.1, 0.15) is 0 Å². The lowest BCUT2D eigenvalue weighted by molar-refractivity contribution is -0.138. The first kappa shape index (κ1) is 10.5. The fourth-order valence-corrected chi connectivity index (χ4v) is 1.89. The number of rotatable bonds is 4. The number of hydrogen-bond acceptors (Lipinski definition) is 3. The molecule has 1 fully saturated rings. The lowest BCUT2D eigenvalue weighted by Gasteiger charge is -2.12. The maximum Gasteiger partial charge on any atom is 0.317 e. The topological polar surface area (TPSA) is 49.8 Å². The van der Waals surface area contributed by atoms with Crippen LogP contribution < -0.4 is 0 Å². The molecular weight excluding hydrogens is 170 g/mol. The van der Waals surface area contributed by atoms with Crippen molar-refractivity contribution in [3.63, 3.8) is 0 Å². The number of carbonyl (C=O) groups is 1. The Labute approximate surface area is 78.5 Å². The highest BCUT2D eigenvalue weighted by Gasteiger charge is 2.30. The molecule has 0 radical (unpaired) electrons. The Morgan fingerprint density at radius 1 is 1.62 bits per heavy atom. The zero-order chi connectivity index (χ0) is 9.84. The molecule has 0 spiro atoms. The van der Waals surface area contributed by atoms with E-state index in [2.05, 4.69) is 6.92 Å². The van der Waals surface area contributed by atoms with Crippen LogP contribution in [0.1, 0.15) is 6.92 Å². The van der Waals surface area contributed by atoms with Crippen molar-refractivity contribution in [2.75, 3.05) is 33.4 Å². The lowest BCUT2D eigenvalue weighted by Crippen LogP contribution is -2.28. The molecule has 0 unspecified atom stereocenters. The van der Waals surface area contributed by atoms with Gasteiger partial charge in [-0.25, -0.2) is 0 Å². The molecule has 13 heavy (non-hydrogen) atoms. The van der Waals surface area contributed by atoms with E-state index in [9.17, 15) is 4.79 Å². The molecule has 0 aliphatic carbocycles. The summed E-state index contributed by atoms with van der Waals surface area (Å²) in [5.74, 6) is 0.286. The van der Waals surface area contributed by atoms with Crippen LogP contribution >= 0.6 is 0 Å². The van der Waals surface area contributed by atoms with Crippen LogP contribution in [0.4, 0.5) is 0 Å². The molecule has 1 heterocycles. The summed E-state index contributed by atoms with van der Waals surface area (Å²) in [5, 5.41) is 8.60. The maximum atomic E-state index is 10.5. The molecule has 0 aromatic carbocycles. The van der Waals surface area contributed by atoms with Gasteiger partial charge in [0.15, 0.2) is 0 Å². The van der Waals surface area contributed by atoms with Gasteiger partial charge in [-0.1, -0.05) is 6.92 Å². The summed E-state index contributed by atoms with van der Waals surface area (Å²) >= 11 is 0. The predicted molar refractivity (Wildman–Crippen MR) is 48.6 cm³/mol. The van der Waals surface area contributed by atoms with Crippen LogP contribution in [0, 0.1) is 11.8 Å². The smallest absolute Gasteiger partial charge is 0.317 e. The molecule has 1 N–H and O–H groups in total. The minimum absolute atomic E-state index is 0.157. The second-order valence-corrected chi connectivity index (χ2v) is 3.78. The SMILES string of the molecule is COC[C@@H]1CN(CC(=O)O)C[C@@H]1C. The first-order valence-corrected chi connectivity index (χ1v) is 4.56. The minimum Gasteiger partial charge on any atom is -0.480 e. The van der Waals surface area contributed by atoms with Gasteiger partial charge in [-0.2, -0.15) is 0 Å². The molecule has 0 amide bonds. The summed E-state index contributed by atoms with van der Waals surface area (Å²) < 4.78 is 5.08. The zero-order valence-electron chi connectivity index (χ0n) is 8.19. The summed E-state index contributed by atoms with van der Waals surface area (Å²) in [5.41, 5.74) is 0. The predicted octanol–water partition coefficient (Wildman–Crippen LogP) is 0.285. The number of likely N-dealkylation sites (tertiary alicyclic amines) is 1. The standard InChI is InChI=1S/C9H17NO3/c1-7-3-10(5-9(11)12)4-8(7)6-13-2/h7-8H,3-6H2,1-2H3,(H,11,12)/t7-,8-/m0/s1. The van der Waals surface area contributed by atoms with Crippen LogP contribution in [0.25, 0.3) is 0 Å². The van der Waals surface area contributed by atoms with Crippen LogP contribution in [-0.2, 0) is 9.53 Å². The van der Waals surface area contributed by atoms with Gasteiger partial charge < -0.3 is 9.84 Å². The molecule has 1 aliphatic heterocycles. The van der Waals surface area contributed by atoms with E-state index in [0.717, 1.165) is 19.7 Å². The van der Waals surface area contributed by atoms with Gasteiger partial charge in [-0.3, -0.25) is 9.69 Å². The zero-order valence-corrected chi connectivity index (χ0v) is 8.19. The molecule has 4 nitrogen and oxygen atoms in total.